The molecule has 2 rings (SSSR count). The molecule has 1 saturated heterocycles. The number of nitrogens with zero attached hydrogens (tertiary/aromatic N) is 1. The molecule has 29 heavy (non-hydrogen) atoms. The summed E-state index contributed by atoms with van der Waals surface area (Å²) in [6.45, 7) is 11.9. The van der Waals surface area contributed by atoms with Crippen molar-refractivity contribution < 1.29 is 14.2 Å². The predicted molar refractivity (Wildman–Crippen MR) is 119 cm³/mol. The van der Waals surface area contributed by atoms with Crippen LogP contribution in [0, 0.1) is 5.92 Å². The van der Waals surface area contributed by atoms with Crippen molar-refractivity contribution in [1.29, 1.82) is 0 Å². The zero-order chi connectivity index (χ0) is 21.0. The van der Waals surface area contributed by atoms with E-state index in [9.17, 15) is 0 Å². The number of ether oxygens (including phenoxy) is 3. The maximum Gasteiger partial charge on any atom is 0.191 e. The summed E-state index contributed by atoms with van der Waals surface area (Å²) in [5.41, 5.74) is 1.37. The molecule has 0 atom stereocenters. The van der Waals surface area contributed by atoms with Crippen molar-refractivity contribution in [3.63, 3.8) is 0 Å². The van der Waals surface area contributed by atoms with Crippen molar-refractivity contribution in [1.82, 2.24) is 10.6 Å². The van der Waals surface area contributed by atoms with Crippen LogP contribution in [-0.2, 0) is 14.9 Å². The third-order valence-electron chi connectivity index (χ3n) is 5.25. The fourth-order valence-corrected chi connectivity index (χ4v) is 3.57. The summed E-state index contributed by atoms with van der Waals surface area (Å²) < 4.78 is 16.9. The lowest BCUT2D eigenvalue weighted by atomic mass is 9.74. The molecule has 0 aromatic heterocycles. The molecule has 0 spiro atoms. The first-order chi connectivity index (χ1) is 14.1. The quantitative estimate of drug-likeness (QED) is 0.336. The van der Waals surface area contributed by atoms with E-state index in [0.29, 0.717) is 12.5 Å². The molecular formula is C23H39N3O3. The standard InChI is InChI=1S/C23H39N3O3/c1-5-29-21-9-7-20(8-10-21)23(11-15-27-16-12-23)18-26-22(24-4)25-13-6-14-28-17-19(2)3/h7-10,19H,5-6,11-18H2,1-4H3,(H2,24,25,26). The van der Waals surface area contributed by atoms with E-state index in [2.05, 4.69) is 53.7 Å². The minimum Gasteiger partial charge on any atom is -0.494 e. The van der Waals surface area contributed by atoms with Crippen LogP contribution in [0.15, 0.2) is 29.3 Å². The summed E-state index contributed by atoms with van der Waals surface area (Å²) in [5.74, 6) is 2.34. The van der Waals surface area contributed by atoms with Crippen molar-refractivity contribution in [3.05, 3.63) is 29.8 Å². The summed E-state index contributed by atoms with van der Waals surface area (Å²) in [6, 6.07) is 8.53. The average molecular weight is 406 g/mol. The van der Waals surface area contributed by atoms with Gasteiger partial charge in [0.1, 0.15) is 5.75 Å². The number of benzene rings is 1. The Morgan fingerprint density at radius 1 is 1.17 bits per heavy atom. The third kappa shape index (κ3) is 7.86. The van der Waals surface area contributed by atoms with E-state index in [-0.39, 0.29) is 5.41 Å². The first-order valence-electron chi connectivity index (χ1n) is 10.9. The van der Waals surface area contributed by atoms with Crippen LogP contribution >= 0.6 is 0 Å². The molecule has 1 aliphatic rings. The van der Waals surface area contributed by atoms with Gasteiger partial charge in [-0.15, -0.1) is 0 Å². The highest BCUT2D eigenvalue weighted by Crippen LogP contribution is 2.35. The smallest absolute Gasteiger partial charge is 0.191 e. The van der Waals surface area contributed by atoms with E-state index in [1.165, 1.54) is 5.56 Å². The largest absolute Gasteiger partial charge is 0.494 e. The van der Waals surface area contributed by atoms with Crippen LogP contribution in [0.5, 0.6) is 5.75 Å². The molecule has 0 amide bonds. The number of hydrogen-bond donors (Lipinski definition) is 2. The van der Waals surface area contributed by atoms with Crippen molar-refractivity contribution in [2.45, 2.75) is 45.4 Å². The normalized spacial score (nSPS) is 16.7. The Labute approximate surface area is 176 Å². The second-order valence-corrected chi connectivity index (χ2v) is 8.02. The van der Waals surface area contributed by atoms with Crippen LogP contribution in [0.25, 0.3) is 0 Å². The Hall–Kier alpha value is -1.79. The van der Waals surface area contributed by atoms with Gasteiger partial charge in [-0.1, -0.05) is 26.0 Å². The Bertz CT molecular complexity index is 596. The molecule has 1 heterocycles. The van der Waals surface area contributed by atoms with Gasteiger partial charge in [-0.2, -0.15) is 0 Å². The summed E-state index contributed by atoms with van der Waals surface area (Å²) >= 11 is 0. The number of guanidine groups is 1. The molecule has 1 aliphatic heterocycles. The van der Waals surface area contributed by atoms with Gasteiger partial charge in [0.2, 0.25) is 0 Å². The second kappa shape index (κ2) is 12.7. The third-order valence-corrected chi connectivity index (χ3v) is 5.25. The lowest BCUT2D eigenvalue weighted by molar-refractivity contribution is 0.0513. The van der Waals surface area contributed by atoms with Crippen molar-refractivity contribution >= 4 is 5.96 Å². The van der Waals surface area contributed by atoms with Gasteiger partial charge in [-0.3, -0.25) is 4.99 Å². The van der Waals surface area contributed by atoms with Gasteiger partial charge in [-0.25, -0.2) is 0 Å². The average Bonchev–Trinajstić information content (AvgIpc) is 2.74. The highest BCUT2D eigenvalue weighted by molar-refractivity contribution is 5.79. The van der Waals surface area contributed by atoms with Crippen LogP contribution in [0.3, 0.4) is 0 Å². The molecule has 1 aromatic rings. The Balaban J connectivity index is 1.88. The highest BCUT2D eigenvalue weighted by Gasteiger charge is 2.34. The number of rotatable bonds is 11. The van der Waals surface area contributed by atoms with E-state index >= 15 is 0 Å². The van der Waals surface area contributed by atoms with Gasteiger partial charge in [-0.05, 0) is 49.8 Å². The molecule has 2 N–H and O–H groups in total. The van der Waals surface area contributed by atoms with Gasteiger partial charge >= 0.3 is 0 Å². The van der Waals surface area contributed by atoms with E-state index in [0.717, 1.165) is 70.5 Å². The molecule has 1 aromatic carbocycles. The first-order valence-corrected chi connectivity index (χ1v) is 10.9. The van der Waals surface area contributed by atoms with Crippen molar-refractivity contribution in [3.8, 4) is 5.75 Å². The van der Waals surface area contributed by atoms with E-state index < -0.39 is 0 Å². The van der Waals surface area contributed by atoms with Crippen LogP contribution in [0.2, 0.25) is 0 Å². The van der Waals surface area contributed by atoms with Crippen LogP contribution in [0.4, 0.5) is 0 Å². The Kier molecular flexibility index (Phi) is 10.3. The van der Waals surface area contributed by atoms with Crippen LogP contribution in [0.1, 0.15) is 45.6 Å². The predicted octanol–water partition coefficient (Wildman–Crippen LogP) is 3.36. The van der Waals surface area contributed by atoms with Crippen molar-refractivity contribution in [2.75, 3.05) is 53.2 Å². The van der Waals surface area contributed by atoms with Crippen molar-refractivity contribution in [2.24, 2.45) is 10.9 Å². The lowest BCUT2D eigenvalue weighted by Gasteiger charge is -2.38. The zero-order valence-corrected chi connectivity index (χ0v) is 18.6. The van der Waals surface area contributed by atoms with Gasteiger partial charge in [0.15, 0.2) is 5.96 Å². The molecule has 6 heteroatoms. The monoisotopic (exact) mass is 405 g/mol. The number of aliphatic imine (C=N–C) groups is 1. The molecule has 0 aliphatic carbocycles. The SMILES string of the molecule is CCOc1ccc(C2(CNC(=NC)NCCCOCC(C)C)CCOCC2)cc1. The number of nitrogens with one attached hydrogen (secondary N) is 2. The summed E-state index contributed by atoms with van der Waals surface area (Å²) in [7, 11) is 1.82. The molecule has 0 saturated carbocycles. The van der Waals surface area contributed by atoms with E-state index in [1.807, 2.05) is 14.0 Å². The molecule has 6 nitrogen and oxygen atoms in total. The molecule has 164 valence electrons. The zero-order valence-electron chi connectivity index (χ0n) is 18.6. The second-order valence-electron chi connectivity index (χ2n) is 8.02. The lowest BCUT2D eigenvalue weighted by Crippen LogP contribution is -2.48. The molecular weight excluding hydrogens is 366 g/mol. The van der Waals surface area contributed by atoms with Crippen LogP contribution in [-0.4, -0.2) is 59.1 Å². The summed E-state index contributed by atoms with van der Waals surface area (Å²) in [4.78, 5) is 4.38. The topological polar surface area (TPSA) is 64.1 Å². The number of hydrogen-bond acceptors (Lipinski definition) is 4. The van der Waals surface area contributed by atoms with Gasteiger partial charge in [0, 0.05) is 52.0 Å². The maximum absolute atomic E-state index is 5.65. The molecule has 0 bridgehead atoms. The summed E-state index contributed by atoms with van der Waals surface area (Å²) in [6.07, 6.45) is 2.95. The molecule has 1 fully saturated rings. The minimum atomic E-state index is 0.0426. The van der Waals surface area contributed by atoms with E-state index in [1.54, 1.807) is 0 Å². The molecule has 0 radical (unpaired) electrons. The van der Waals surface area contributed by atoms with Gasteiger partial charge in [0.05, 0.1) is 6.61 Å². The first kappa shape index (κ1) is 23.5. The highest BCUT2D eigenvalue weighted by atomic mass is 16.5. The van der Waals surface area contributed by atoms with Gasteiger partial charge in [0.25, 0.3) is 0 Å². The van der Waals surface area contributed by atoms with Crippen LogP contribution < -0.4 is 15.4 Å². The molecule has 0 unspecified atom stereocenters. The fraction of sp³-hybridized carbons (Fsp3) is 0.696. The Morgan fingerprint density at radius 2 is 1.90 bits per heavy atom. The summed E-state index contributed by atoms with van der Waals surface area (Å²) in [5, 5.41) is 6.94. The fourth-order valence-electron chi connectivity index (χ4n) is 3.57. The Morgan fingerprint density at radius 3 is 2.52 bits per heavy atom. The minimum absolute atomic E-state index is 0.0426. The van der Waals surface area contributed by atoms with E-state index in [4.69, 9.17) is 14.2 Å². The maximum atomic E-state index is 5.65. The van der Waals surface area contributed by atoms with Gasteiger partial charge < -0.3 is 24.8 Å².